The highest BCUT2D eigenvalue weighted by Gasteiger charge is 2.20. The molecule has 1 aliphatic heterocycles. The molecule has 0 bridgehead atoms. The Balaban J connectivity index is 1.39. The van der Waals surface area contributed by atoms with Crippen molar-refractivity contribution in [3.63, 3.8) is 0 Å². The van der Waals surface area contributed by atoms with E-state index < -0.39 is 0 Å². The summed E-state index contributed by atoms with van der Waals surface area (Å²) < 4.78 is 13.1. The summed E-state index contributed by atoms with van der Waals surface area (Å²) in [6.45, 7) is 3.54. The highest BCUT2D eigenvalue weighted by Crippen LogP contribution is 2.22. The molecule has 0 aliphatic carbocycles. The molecule has 1 saturated heterocycles. The van der Waals surface area contributed by atoms with Gasteiger partial charge in [0.1, 0.15) is 11.6 Å². The molecule has 8 nitrogen and oxygen atoms in total. The Kier molecular flexibility index (Phi) is 6.55. The van der Waals surface area contributed by atoms with E-state index >= 15 is 0 Å². The number of aromatic nitrogens is 3. The number of benzene rings is 1. The molecule has 0 radical (unpaired) electrons. The van der Waals surface area contributed by atoms with Crippen LogP contribution >= 0.6 is 0 Å². The van der Waals surface area contributed by atoms with Gasteiger partial charge in [0, 0.05) is 57.7 Å². The fraction of sp³-hybridized carbons (Fsp3) is 0.304. The lowest BCUT2D eigenvalue weighted by atomic mass is 10.1. The van der Waals surface area contributed by atoms with Crippen molar-refractivity contribution in [3.8, 4) is 11.1 Å². The summed E-state index contributed by atoms with van der Waals surface area (Å²) in [5.74, 6) is 1.03. The van der Waals surface area contributed by atoms with Crippen LogP contribution in [-0.4, -0.2) is 65.5 Å². The van der Waals surface area contributed by atoms with Crippen molar-refractivity contribution >= 4 is 17.7 Å². The van der Waals surface area contributed by atoms with Crippen molar-refractivity contribution < 1.29 is 9.18 Å². The van der Waals surface area contributed by atoms with Crippen LogP contribution in [0.1, 0.15) is 5.56 Å². The molecule has 2 N–H and O–H groups in total. The average molecular weight is 436 g/mol. The zero-order valence-electron chi connectivity index (χ0n) is 18.0. The molecule has 0 atom stereocenters. The molecule has 32 heavy (non-hydrogen) atoms. The number of halogens is 1. The van der Waals surface area contributed by atoms with Crippen LogP contribution in [0.3, 0.4) is 0 Å². The minimum absolute atomic E-state index is 0.000163. The van der Waals surface area contributed by atoms with E-state index in [9.17, 15) is 9.18 Å². The van der Waals surface area contributed by atoms with Gasteiger partial charge >= 0.3 is 0 Å². The number of amides is 1. The second kappa shape index (κ2) is 9.69. The van der Waals surface area contributed by atoms with E-state index in [1.165, 1.54) is 12.3 Å². The van der Waals surface area contributed by atoms with Gasteiger partial charge in [0.25, 0.3) is 0 Å². The number of hydrogen-bond acceptors (Lipinski definition) is 7. The van der Waals surface area contributed by atoms with E-state index in [4.69, 9.17) is 5.73 Å². The Hall–Kier alpha value is -3.59. The molecule has 0 saturated carbocycles. The Bertz CT molecular complexity index is 1050. The average Bonchev–Trinajstić information content (AvgIpc) is 2.84. The second-order valence-corrected chi connectivity index (χ2v) is 7.73. The summed E-state index contributed by atoms with van der Waals surface area (Å²) >= 11 is 0. The molecular formula is C23H26FN7O. The standard InChI is InChI=1S/C23H26FN7O/c1-29(22(32)12-25)16-17-3-2-4-18(11-17)19-13-27-23(28-14-19)31-9-7-30(8-10-31)21-6-5-20(24)15-26-21/h2-6,11,13-15H,7-10,12,16,25H2,1H3. The first-order valence-electron chi connectivity index (χ1n) is 10.5. The first-order valence-corrected chi connectivity index (χ1v) is 10.5. The molecule has 166 valence electrons. The van der Waals surface area contributed by atoms with Crippen LogP contribution in [0.4, 0.5) is 16.2 Å². The van der Waals surface area contributed by atoms with Gasteiger partial charge in [0.2, 0.25) is 11.9 Å². The Morgan fingerprint density at radius 3 is 2.38 bits per heavy atom. The number of likely N-dealkylation sites (N-methyl/N-ethyl adjacent to an activating group) is 1. The third-order valence-electron chi connectivity index (χ3n) is 5.52. The molecular weight excluding hydrogens is 409 g/mol. The van der Waals surface area contributed by atoms with Crippen molar-refractivity contribution in [3.05, 3.63) is 66.4 Å². The van der Waals surface area contributed by atoms with E-state index in [0.717, 1.165) is 48.7 Å². The van der Waals surface area contributed by atoms with Gasteiger partial charge in [-0.3, -0.25) is 4.79 Å². The lowest BCUT2D eigenvalue weighted by molar-refractivity contribution is -0.128. The maximum absolute atomic E-state index is 13.1. The molecule has 3 aromatic rings. The molecule has 0 unspecified atom stereocenters. The van der Waals surface area contributed by atoms with Gasteiger partial charge in [-0.15, -0.1) is 0 Å². The van der Waals surface area contributed by atoms with Gasteiger partial charge < -0.3 is 20.4 Å². The molecule has 1 aliphatic rings. The molecule has 0 spiro atoms. The van der Waals surface area contributed by atoms with E-state index in [2.05, 4.69) is 24.8 Å². The highest BCUT2D eigenvalue weighted by atomic mass is 19.1. The normalized spacial score (nSPS) is 13.8. The van der Waals surface area contributed by atoms with Gasteiger partial charge in [-0.2, -0.15) is 0 Å². The molecule has 1 aromatic carbocycles. The summed E-state index contributed by atoms with van der Waals surface area (Å²) in [7, 11) is 1.74. The van der Waals surface area contributed by atoms with Crippen LogP contribution in [0, 0.1) is 5.82 Å². The van der Waals surface area contributed by atoms with Crippen molar-refractivity contribution in [1.82, 2.24) is 19.9 Å². The van der Waals surface area contributed by atoms with Crippen LogP contribution < -0.4 is 15.5 Å². The maximum atomic E-state index is 13.1. The summed E-state index contributed by atoms with van der Waals surface area (Å²) in [6, 6.07) is 11.1. The second-order valence-electron chi connectivity index (χ2n) is 7.73. The zero-order valence-corrected chi connectivity index (χ0v) is 18.0. The van der Waals surface area contributed by atoms with E-state index in [0.29, 0.717) is 12.5 Å². The van der Waals surface area contributed by atoms with E-state index in [1.54, 1.807) is 18.0 Å². The summed E-state index contributed by atoms with van der Waals surface area (Å²) in [5, 5.41) is 0. The minimum Gasteiger partial charge on any atom is -0.353 e. The molecule has 1 fully saturated rings. The highest BCUT2D eigenvalue weighted by molar-refractivity contribution is 5.77. The van der Waals surface area contributed by atoms with Crippen molar-refractivity contribution in [2.24, 2.45) is 5.73 Å². The number of anilines is 2. The van der Waals surface area contributed by atoms with Crippen LogP contribution in [-0.2, 0) is 11.3 Å². The summed E-state index contributed by atoms with van der Waals surface area (Å²) in [5.41, 5.74) is 8.36. The monoisotopic (exact) mass is 435 g/mol. The number of piperazine rings is 1. The quantitative estimate of drug-likeness (QED) is 0.633. The lowest BCUT2D eigenvalue weighted by Crippen LogP contribution is -2.47. The Morgan fingerprint density at radius 1 is 1.00 bits per heavy atom. The van der Waals surface area contributed by atoms with E-state index in [1.807, 2.05) is 36.7 Å². The SMILES string of the molecule is CN(Cc1cccc(-c2cnc(N3CCN(c4ccc(F)cn4)CC3)nc2)c1)C(=O)CN. The van der Waals surface area contributed by atoms with Crippen LogP contribution in [0.15, 0.2) is 55.0 Å². The largest absolute Gasteiger partial charge is 0.353 e. The Morgan fingerprint density at radius 2 is 1.72 bits per heavy atom. The van der Waals surface area contributed by atoms with Gasteiger partial charge in [0.15, 0.2) is 0 Å². The number of hydrogen-bond donors (Lipinski definition) is 1. The Labute approximate surface area is 186 Å². The number of pyridine rings is 1. The van der Waals surface area contributed by atoms with Crippen LogP contribution in [0.25, 0.3) is 11.1 Å². The first kappa shape index (κ1) is 21.6. The smallest absolute Gasteiger partial charge is 0.236 e. The maximum Gasteiger partial charge on any atom is 0.236 e. The number of nitrogens with zero attached hydrogens (tertiary/aromatic N) is 6. The number of carbonyl (C=O) groups is 1. The van der Waals surface area contributed by atoms with E-state index in [-0.39, 0.29) is 18.3 Å². The van der Waals surface area contributed by atoms with Gasteiger partial charge in [-0.25, -0.2) is 19.3 Å². The zero-order chi connectivity index (χ0) is 22.5. The van der Waals surface area contributed by atoms with Crippen molar-refractivity contribution in [1.29, 1.82) is 0 Å². The number of carbonyl (C=O) groups excluding carboxylic acids is 1. The van der Waals surface area contributed by atoms with Gasteiger partial charge in [-0.05, 0) is 29.3 Å². The minimum atomic E-state index is -0.331. The molecule has 4 rings (SSSR count). The first-order chi connectivity index (χ1) is 15.5. The van der Waals surface area contributed by atoms with Crippen molar-refractivity contribution in [2.75, 3.05) is 49.6 Å². The molecule has 3 heterocycles. The predicted octanol–water partition coefficient (Wildman–Crippen LogP) is 1.92. The predicted molar refractivity (Wildman–Crippen MR) is 122 cm³/mol. The summed E-state index contributed by atoms with van der Waals surface area (Å²) in [4.78, 5) is 30.9. The topological polar surface area (TPSA) is 91.5 Å². The third kappa shape index (κ3) is 5.00. The summed E-state index contributed by atoms with van der Waals surface area (Å²) in [6.07, 6.45) is 4.89. The van der Waals surface area contributed by atoms with Crippen molar-refractivity contribution in [2.45, 2.75) is 6.54 Å². The molecule has 1 amide bonds. The molecule has 2 aromatic heterocycles. The fourth-order valence-electron chi connectivity index (χ4n) is 3.69. The molecule has 9 heteroatoms. The number of rotatable bonds is 6. The fourth-order valence-corrected chi connectivity index (χ4v) is 3.69. The lowest BCUT2D eigenvalue weighted by Gasteiger charge is -2.35. The van der Waals surface area contributed by atoms with Crippen LogP contribution in [0.2, 0.25) is 0 Å². The van der Waals surface area contributed by atoms with Crippen LogP contribution in [0.5, 0.6) is 0 Å². The van der Waals surface area contributed by atoms with Gasteiger partial charge in [-0.1, -0.05) is 18.2 Å². The van der Waals surface area contributed by atoms with Gasteiger partial charge in [0.05, 0.1) is 12.7 Å². The third-order valence-corrected chi connectivity index (χ3v) is 5.52. The number of nitrogens with two attached hydrogens (primary N) is 1.